The summed E-state index contributed by atoms with van der Waals surface area (Å²) < 4.78 is 7.23. The molecule has 5 heteroatoms. The fraction of sp³-hybridized carbons (Fsp3) is 0.769. The first-order chi connectivity index (χ1) is 8.58. The molecule has 102 valence electrons. The molecule has 0 saturated heterocycles. The summed E-state index contributed by atoms with van der Waals surface area (Å²) in [6.07, 6.45) is 2.63. The first-order valence-electron chi connectivity index (χ1n) is 6.55. The van der Waals surface area contributed by atoms with Crippen LogP contribution in [0, 0.1) is 12.8 Å². The summed E-state index contributed by atoms with van der Waals surface area (Å²) in [7, 11) is 5.75. The molecular formula is C13H24N4O. The molecule has 18 heavy (non-hydrogen) atoms. The Morgan fingerprint density at radius 1 is 1.56 bits per heavy atom. The maximum absolute atomic E-state index is 5.89. The molecule has 1 fully saturated rings. The van der Waals surface area contributed by atoms with Gasteiger partial charge in [0.25, 0.3) is 0 Å². The van der Waals surface area contributed by atoms with E-state index in [4.69, 9.17) is 10.5 Å². The fourth-order valence-corrected chi connectivity index (χ4v) is 2.70. The Balaban J connectivity index is 2.12. The van der Waals surface area contributed by atoms with Crippen molar-refractivity contribution in [2.45, 2.75) is 32.4 Å². The Morgan fingerprint density at radius 3 is 2.72 bits per heavy atom. The zero-order valence-corrected chi connectivity index (χ0v) is 11.8. The molecule has 0 aromatic carbocycles. The maximum Gasteiger partial charge on any atom is 0.216 e. The van der Waals surface area contributed by atoms with Crippen LogP contribution in [-0.4, -0.2) is 41.4 Å². The molecule has 1 aromatic rings. The van der Waals surface area contributed by atoms with E-state index in [9.17, 15) is 0 Å². The van der Waals surface area contributed by atoms with Crippen molar-refractivity contribution in [2.75, 3.05) is 20.7 Å². The highest BCUT2D eigenvalue weighted by molar-refractivity contribution is 5.30. The Morgan fingerprint density at radius 2 is 2.22 bits per heavy atom. The summed E-state index contributed by atoms with van der Waals surface area (Å²) in [5, 5.41) is 4.41. The Bertz CT molecular complexity index is 411. The van der Waals surface area contributed by atoms with Crippen molar-refractivity contribution in [2.24, 2.45) is 18.7 Å². The minimum atomic E-state index is 0.481. The van der Waals surface area contributed by atoms with E-state index in [2.05, 4.69) is 17.0 Å². The van der Waals surface area contributed by atoms with Crippen molar-refractivity contribution >= 4 is 0 Å². The molecule has 0 amide bonds. The largest absolute Gasteiger partial charge is 0.481 e. The van der Waals surface area contributed by atoms with Gasteiger partial charge in [0.1, 0.15) is 0 Å². The zero-order valence-electron chi connectivity index (χ0n) is 11.8. The molecule has 1 aliphatic carbocycles. The summed E-state index contributed by atoms with van der Waals surface area (Å²) in [6.45, 7) is 3.60. The van der Waals surface area contributed by atoms with E-state index in [1.165, 1.54) is 18.4 Å². The average Bonchev–Trinajstić information content (AvgIpc) is 3.09. The van der Waals surface area contributed by atoms with Crippen LogP contribution in [0.15, 0.2) is 0 Å². The lowest BCUT2D eigenvalue weighted by molar-refractivity contribution is 0.212. The van der Waals surface area contributed by atoms with Crippen molar-refractivity contribution in [3.63, 3.8) is 0 Å². The molecule has 1 unspecified atom stereocenters. The Hall–Kier alpha value is -1.07. The van der Waals surface area contributed by atoms with E-state index in [0.717, 1.165) is 30.6 Å². The van der Waals surface area contributed by atoms with Crippen molar-refractivity contribution in [3.05, 3.63) is 11.3 Å². The predicted octanol–water partition coefficient (Wildman–Crippen LogP) is 0.906. The van der Waals surface area contributed by atoms with E-state index >= 15 is 0 Å². The van der Waals surface area contributed by atoms with Crippen LogP contribution in [0.4, 0.5) is 0 Å². The van der Waals surface area contributed by atoms with Crippen LogP contribution in [0.25, 0.3) is 0 Å². The molecular weight excluding hydrogens is 228 g/mol. The number of nitrogens with zero attached hydrogens (tertiary/aromatic N) is 3. The van der Waals surface area contributed by atoms with Crippen LogP contribution in [-0.2, 0) is 13.6 Å². The molecule has 5 nitrogen and oxygen atoms in total. The first-order valence-corrected chi connectivity index (χ1v) is 6.55. The highest BCUT2D eigenvalue weighted by Crippen LogP contribution is 2.35. The molecule has 1 atom stereocenters. The summed E-state index contributed by atoms with van der Waals surface area (Å²) in [5.74, 6) is 1.63. The van der Waals surface area contributed by atoms with E-state index in [1.54, 1.807) is 11.8 Å². The molecule has 2 N–H and O–H groups in total. The zero-order chi connectivity index (χ0) is 13.3. The summed E-state index contributed by atoms with van der Waals surface area (Å²) in [6, 6.07) is 0.481. The van der Waals surface area contributed by atoms with Gasteiger partial charge in [-0.25, -0.2) is 4.68 Å². The quantitative estimate of drug-likeness (QED) is 0.817. The molecule has 2 rings (SSSR count). The Labute approximate surface area is 109 Å². The van der Waals surface area contributed by atoms with Gasteiger partial charge in [-0.2, -0.15) is 5.10 Å². The first kappa shape index (κ1) is 13.4. The minimum absolute atomic E-state index is 0.481. The third-order valence-electron chi connectivity index (χ3n) is 3.86. The normalized spacial score (nSPS) is 17.2. The minimum Gasteiger partial charge on any atom is -0.481 e. The SMILES string of the molecule is COc1c(CN(C)C(CN)C2CC2)c(C)nn1C. The van der Waals surface area contributed by atoms with Gasteiger partial charge in [-0.05, 0) is 32.7 Å². The molecule has 1 heterocycles. The van der Waals surface area contributed by atoms with Crippen molar-refractivity contribution in [1.82, 2.24) is 14.7 Å². The molecule has 1 aromatic heterocycles. The number of aryl methyl sites for hydroxylation is 2. The molecule has 1 aliphatic rings. The smallest absolute Gasteiger partial charge is 0.216 e. The van der Waals surface area contributed by atoms with E-state index in [1.807, 2.05) is 14.0 Å². The fourth-order valence-electron chi connectivity index (χ4n) is 2.70. The molecule has 0 bridgehead atoms. The van der Waals surface area contributed by atoms with E-state index in [0.29, 0.717) is 6.04 Å². The summed E-state index contributed by atoms with van der Waals surface area (Å²) in [4.78, 5) is 2.34. The van der Waals surface area contributed by atoms with Gasteiger partial charge in [0.05, 0.1) is 18.4 Å². The Kier molecular flexibility index (Phi) is 3.92. The van der Waals surface area contributed by atoms with Crippen LogP contribution >= 0.6 is 0 Å². The molecule has 1 saturated carbocycles. The number of aromatic nitrogens is 2. The number of ether oxygens (including phenoxy) is 1. The highest BCUT2D eigenvalue weighted by Gasteiger charge is 2.33. The lowest BCUT2D eigenvalue weighted by Gasteiger charge is -2.27. The number of likely N-dealkylation sites (N-methyl/N-ethyl adjacent to an activating group) is 1. The van der Waals surface area contributed by atoms with Gasteiger partial charge < -0.3 is 10.5 Å². The number of rotatable bonds is 6. The standard InChI is InChI=1S/C13H24N4O/c1-9-11(13(18-4)17(3)15-9)8-16(2)12(7-14)10-5-6-10/h10,12H,5-8,14H2,1-4H3. The molecule has 0 spiro atoms. The van der Waals surface area contributed by atoms with Crippen molar-refractivity contribution in [3.8, 4) is 5.88 Å². The number of hydrogen-bond acceptors (Lipinski definition) is 4. The number of nitrogens with two attached hydrogens (primary N) is 1. The lowest BCUT2D eigenvalue weighted by Crippen LogP contribution is -2.39. The predicted molar refractivity (Wildman–Crippen MR) is 71.5 cm³/mol. The van der Waals surface area contributed by atoms with Crippen LogP contribution in [0.1, 0.15) is 24.1 Å². The van der Waals surface area contributed by atoms with Crippen molar-refractivity contribution < 1.29 is 4.74 Å². The van der Waals surface area contributed by atoms with Crippen LogP contribution < -0.4 is 10.5 Å². The van der Waals surface area contributed by atoms with Crippen LogP contribution in [0.5, 0.6) is 5.88 Å². The van der Waals surface area contributed by atoms with Gasteiger partial charge in [0.15, 0.2) is 0 Å². The monoisotopic (exact) mass is 252 g/mol. The highest BCUT2D eigenvalue weighted by atomic mass is 16.5. The third kappa shape index (κ3) is 2.52. The number of methoxy groups -OCH3 is 1. The summed E-state index contributed by atoms with van der Waals surface area (Å²) in [5.41, 5.74) is 8.09. The van der Waals surface area contributed by atoms with Crippen LogP contribution in [0.2, 0.25) is 0 Å². The third-order valence-corrected chi connectivity index (χ3v) is 3.86. The lowest BCUT2D eigenvalue weighted by atomic mass is 10.1. The van der Waals surface area contributed by atoms with Gasteiger partial charge in [-0.1, -0.05) is 0 Å². The molecule has 0 aliphatic heterocycles. The average molecular weight is 252 g/mol. The maximum atomic E-state index is 5.89. The second kappa shape index (κ2) is 5.28. The van der Waals surface area contributed by atoms with Crippen molar-refractivity contribution in [1.29, 1.82) is 0 Å². The van der Waals surface area contributed by atoms with Gasteiger partial charge in [0, 0.05) is 26.2 Å². The van der Waals surface area contributed by atoms with E-state index < -0.39 is 0 Å². The second-order valence-corrected chi connectivity index (χ2v) is 5.25. The van der Waals surface area contributed by atoms with Gasteiger partial charge in [0.2, 0.25) is 5.88 Å². The van der Waals surface area contributed by atoms with Gasteiger partial charge in [-0.3, -0.25) is 4.90 Å². The van der Waals surface area contributed by atoms with Gasteiger partial charge >= 0.3 is 0 Å². The molecule has 0 radical (unpaired) electrons. The van der Waals surface area contributed by atoms with Gasteiger partial charge in [-0.15, -0.1) is 0 Å². The van der Waals surface area contributed by atoms with Crippen LogP contribution in [0.3, 0.4) is 0 Å². The summed E-state index contributed by atoms with van der Waals surface area (Å²) >= 11 is 0. The second-order valence-electron chi connectivity index (χ2n) is 5.25. The topological polar surface area (TPSA) is 56.3 Å². The number of hydrogen-bond donors (Lipinski definition) is 1. The van der Waals surface area contributed by atoms with E-state index in [-0.39, 0.29) is 0 Å².